The number of nitrogens with one attached hydrogen (secondary N) is 1. The number of hydrogen-bond acceptors (Lipinski definition) is 3. The SMILES string of the molecule is Cc1ccc2oc(C(NN)c3ccccc3Cl)cc2c1. The monoisotopic (exact) mass is 286 g/mol. The number of nitrogens with two attached hydrogens (primary N) is 1. The molecule has 0 aliphatic heterocycles. The van der Waals surface area contributed by atoms with Crippen molar-refractivity contribution < 1.29 is 4.42 Å². The Morgan fingerprint density at radius 1 is 1.15 bits per heavy atom. The summed E-state index contributed by atoms with van der Waals surface area (Å²) in [6.45, 7) is 2.05. The number of hydrogen-bond donors (Lipinski definition) is 2. The van der Waals surface area contributed by atoms with E-state index in [4.69, 9.17) is 21.9 Å². The van der Waals surface area contributed by atoms with Crippen LogP contribution in [-0.2, 0) is 0 Å². The zero-order valence-corrected chi connectivity index (χ0v) is 11.8. The van der Waals surface area contributed by atoms with Crippen LogP contribution < -0.4 is 11.3 Å². The van der Waals surface area contributed by atoms with Crippen molar-refractivity contribution in [3.05, 3.63) is 70.4 Å². The van der Waals surface area contributed by atoms with E-state index >= 15 is 0 Å². The largest absolute Gasteiger partial charge is 0.459 e. The first-order valence-electron chi connectivity index (χ1n) is 6.39. The summed E-state index contributed by atoms with van der Waals surface area (Å²) >= 11 is 6.23. The molecule has 0 spiro atoms. The minimum absolute atomic E-state index is 0.267. The van der Waals surface area contributed by atoms with Crippen molar-refractivity contribution >= 4 is 22.6 Å². The molecule has 3 rings (SSSR count). The highest BCUT2D eigenvalue weighted by Crippen LogP contribution is 2.31. The fraction of sp³-hybridized carbons (Fsp3) is 0.125. The Kier molecular flexibility index (Phi) is 3.49. The predicted molar refractivity (Wildman–Crippen MR) is 81.6 cm³/mol. The van der Waals surface area contributed by atoms with Crippen LogP contribution in [0.5, 0.6) is 0 Å². The first-order chi connectivity index (χ1) is 9.69. The van der Waals surface area contributed by atoms with Crippen LogP contribution in [0.1, 0.15) is 22.9 Å². The van der Waals surface area contributed by atoms with Gasteiger partial charge in [0, 0.05) is 10.4 Å². The molecule has 3 nitrogen and oxygen atoms in total. The van der Waals surface area contributed by atoms with Gasteiger partial charge in [-0.1, -0.05) is 41.4 Å². The number of halogens is 1. The van der Waals surface area contributed by atoms with Crippen LogP contribution in [-0.4, -0.2) is 0 Å². The average Bonchev–Trinajstić information content (AvgIpc) is 2.84. The molecule has 0 fully saturated rings. The molecule has 1 heterocycles. The zero-order chi connectivity index (χ0) is 14.1. The third-order valence-electron chi connectivity index (χ3n) is 3.36. The summed E-state index contributed by atoms with van der Waals surface area (Å²) < 4.78 is 5.88. The van der Waals surface area contributed by atoms with Gasteiger partial charge >= 0.3 is 0 Å². The molecule has 0 bridgehead atoms. The van der Waals surface area contributed by atoms with Gasteiger partial charge in [0.25, 0.3) is 0 Å². The number of hydrazine groups is 1. The van der Waals surface area contributed by atoms with Crippen molar-refractivity contribution in [2.75, 3.05) is 0 Å². The lowest BCUT2D eigenvalue weighted by Gasteiger charge is -2.14. The molecule has 0 saturated heterocycles. The van der Waals surface area contributed by atoms with E-state index in [1.165, 1.54) is 5.56 Å². The Labute approximate surface area is 122 Å². The van der Waals surface area contributed by atoms with Crippen LogP contribution in [0.15, 0.2) is 52.9 Å². The number of furan rings is 1. The summed E-state index contributed by atoms with van der Waals surface area (Å²) in [6, 6.07) is 15.4. The molecule has 1 unspecified atom stereocenters. The maximum absolute atomic E-state index is 6.23. The number of benzene rings is 2. The van der Waals surface area contributed by atoms with Crippen LogP contribution in [0.2, 0.25) is 5.02 Å². The summed E-state index contributed by atoms with van der Waals surface area (Å²) in [7, 11) is 0. The smallest absolute Gasteiger partial charge is 0.134 e. The molecule has 2 aromatic carbocycles. The van der Waals surface area contributed by atoms with Crippen molar-refractivity contribution in [3.63, 3.8) is 0 Å². The van der Waals surface area contributed by atoms with Crippen LogP contribution in [0.25, 0.3) is 11.0 Å². The highest BCUT2D eigenvalue weighted by Gasteiger charge is 2.19. The molecule has 0 aliphatic carbocycles. The molecule has 4 heteroatoms. The molecule has 20 heavy (non-hydrogen) atoms. The van der Waals surface area contributed by atoms with Gasteiger partial charge in [-0.3, -0.25) is 5.84 Å². The van der Waals surface area contributed by atoms with Crippen molar-refractivity contribution in [1.29, 1.82) is 0 Å². The molecule has 0 radical (unpaired) electrons. The highest BCUT2D eigenvalue weighted by atomic mass is 35.5. The van der Waals surface area contributed by atoms with Gasteiger partial charge in [0.2, 0.25) is 0 Å². The second-order valence-electron chi connectivity index (χ2n) is 4.81. The summed E-state index contributed by atoms with van der Waals surface area (Å²) in [4.78, 5) is 0. The van der Waals surface area contributed by atoms with Gasteiger partial charge in [-0.2, -0.15) is 0 Å². The zero-order valence-electron chi connectivity index (χ0n) is 11.1. The Balaban J connectivity index is 2.10. The van der Waals surface area contributed by atoms with E-state index in [0.29, 0.717) is 5.02 Å². The van der Waals surface area contributed by atoms with Crippen LogP contribution >= 0.6 is 11.6 Å². The lowest BCUT2D eigenvalue weighted by atomic mass is 10.0. The van der Waals surface area contributed by atoms with Crippen LogP contribution in [0.3, 0.4) is 0 Å². The van der Waals surface area contributed by atoms with Gasteiger partial charge in [-0.05, 0) is 36.8 Å². The third kappa shape index (κ3) is 2.31. The van der Waals surface area contributed by atoms with E-state index in [2.05, 4.69) is 18.4 Å². The molecule has 0 saturated carbocycles. The Morgan fingerprint density at radius 3 is 2.70 bits per heavy atom. The normalized spacial score (nSPS) is 12.8. The van der Waals surface area contributed by atoms with E-state index in [1.807, 2.05) is 42.5 Å². The standard InChI is InChI=1S/C16H15ClN2O/c1-10-6-7-14-11(8-10)9-15(20-14)16(19-18)12-4-2-3-5-13(12)17/h2-9,16,19H,18H2,1H3. The molecule has 0 amide bonds. The first-order valence-corrected chi connectivity index (χ1v) is 6.77. The quantitative estimate of drug-likeness (QED) is 0.566. The molecule has 102 valence electrons. The van der Waals surface area contributed by atoms with Gasteiger partial charge in [-0.25, -0.2) is 5.43 Å². The highest BCUT2D eigenvalue weighted by molar-refractivity contribution is 6.31. The maximum atomic E-state index is 6.23. The van der Waals surface area contributed by atoms with Gasteiger partial charge in [-0.15, -0.1) is 0 Å². The Bertz CT molecular complexity index is 751. The number of rotatable bonds is 3. The van der Waals surface area contributed by atoms with Crippen LogP contribution in [0, 0.1) is 6.92 Å². The Morgan fingerprint density at radius 2 is 1.95 bits per heavy atom. The lowest BCUT2D eigenvalue weighted by molar-refractivity contribution is 0.477. The van der Waals surface area contributed by atoms with E-state index in [0.717, 1.165) is 22.3 Å². The number of aryl methyl sites for hydroxylation is 1. The second kappa shape index (κ2) is 5.29. The fourth-order valence-corrected chi connectivity index (χ4v) is 2.60. The molecule has 1 aromatic heterocycles. The van der Waals surface area contributed by atoms with E-state index in [1.54, 1.807) is 0 Å². The fourth-order valence-electron chi connectivity index (χ4n) is 2.36. The molecular formula is C16H15ClN2O. The lowest BCUT2D eigenvalue weighted by Crippen LogP contribution is -2.28. The van der Waals surface area contributed by atoms with Gasteiger partial charge < -0.3 is 4.42 Å². The van der Waals surface area contributed by atoms with E-state index in [9.17, 15) is 0 Å². The molecule has 0 aliphatic rings. The average molecular weight is 287 g/mol. The summed E-state index contributed by atoms with van der Waals surface area (Å²) in [5.74, 6) is 6.44. The van der Waals surface area contributed by atoms with Gasteiger partial charge in [0.15, 0.2) is 0 Å². The van der Waals surface area contributed by atoms with Crippen LogP contribution in [0.4, 0.5) is 0 Å². The summed E-state index contributed by atoms with van der Waals surface area (Å²) in [5.41, 5.74) is 5.71. The molecule has 3 aromatic rings. The molecule has 3 N–H and O–H groups in total. The predicted octanol–water partition coefficient (Wildman–Crippen LogP) is 3.95. The Hall–Kier alpha value is -1.81. The molecule has 1 atom stereocenters. The second-order valence-corrected chi connectivity index (χ2v) is 5.22. The van der Waals surface area contributed by atoms with Crippen molar-refractivity contribution in [2.24, 2.45) is 5.84 Å². The maximum Gasteiger partial charge on any atom is 0.134 e. The van der Waals surface area contributed by atoms with Crippen molar-refractivity contribution in [2.45, 2.75) is 13.0 Å². The van der Waals surface area contributed by atoms with Gasteiger partial charge in [0.1, 0.15) is 17.4 Å². The topological polar surface area (TPSA) is 51.2 Å². The summed E-state index contributed by atoms with van der Waals surface area (Å²) in [6.07, 6.45) is 0. The van der Waals surface area contributed by atoms with Crippen molar-refractivity contribution in [1.82, 2.24) is 5.43 Å². The third-order valence-corrected chi connectivity index (χ3v) is 3.70. The van der Waals surface area contributed by atoms with E-state index < -0.39 is 0 Å². The first kappa shape index (κ1) is 13.2. The van der Waals surface area contributed by atoms with Gasteiger partial charge in [0.05, 0.1) is 0 Å². The summed E-state index contributed by atoms with van der Waals surface area (Å²) in [5, 5.41) is 1.72. The minimum Gasteiger partial charge on any atom is -0.459 e. The van der Waals surface area contributed by atoms with Crippen molar-refractivity contribution in [3.8, 4) is 0 Å². The molecular weight excluding hydrogens is 272 g/mol. The number of fused-ring (bicyclic) bond motifs is 1. The minimum atomic E-state index is -0.267. The van der Waals surface area contributed by atoms with E-state index in [-0.39, 0.29) is 6.04 Å².